The molecule has 0 aliphatic rings. The smallest absolute Gasteiger partial charge is 0.0383 e. The normalized spacial score (nSPS) is 12.9. The molecule has 0 rings (SSSR count). The highest BCUT2D eigenvalue weighted by Crippen LogP contribution is 2.19. The summed E-state index contributed by atoms with van der Waals surface area (Å²) >= 11 is 0. The Labute approximate surface area is 111 Å². The molecule has 0 aliphatic carbocycles. The van der Waals surface area contributed by atoms with Gasteiger partial charge >= 0.3 is 0 Å². The molecule has 0 saturated carbocycles. The van der Waals surface area contributed by atoms with Crippen molar-refractivity contribution in [1.29, 1.82) is 0 Å². The maximum atomic E-state index is 2.56. The number of unbranched alkanes of at least 4 members (excludes halogenated alkanes) is 8. The second-order valence-corrected chi connectivity index (χ2v) is 5.50. The number of hydrogen-bond donors (Lipinski definition) is 0. The van der Waals surface area contributed by atoms with Crippen molar-refractivity contribution in [2.45, 2.75) is 97.8 Å². The van der Waals surface area contributed by atoms with Crippen LogP contribution < -0.4 is 0 Å². The van der Waals surface area contributed by atoms with E-state index in [0.717, 1.165) is 5.92 Å². The lowest BCUT2D eigenvalue weighted by atomic mass is 9.93. The van der Waals surface area contributed by atoms with Gasteiger partial charge in [-0.3, -0.25) is 0 Å². The summed E-state index contributed by atoms with van der Waals surface area (Å²) in [6, 6.07) is 0. The lowest BCUT2D eigenvalue weighted by molar-refractivity contribution is 0.438. The molecule has 0 amide bonds. The van der Waals surface area contributed by atoms with Crippen molar-refractivity contribution in [2.75, 3.05) is 0 Å². The van der Waals surface area contributed by atoms with Crippen LogP contribution in [0.4, 0.5) is 0 Å². The van der Waals surface area contributed by atoms with Gasteiger partial charge in [0.25, 0.3) is 0 Å². The van der Waals surface area contributed by atoms with Gasteiger partial charge in [0.2, 0.25) is 0 Å². The fourth-order valence-corrected chi connectivity index (χ4v) is 2.40. The second kappa shape index (κ2) is 14.1. The van der Waals surface area contributed by atoms with E-state index in [0.29, 0.717) is 0 Å². The third-order valence-electron chi connectivity index (χ3n) is 3.81. The zero-order valence-corrected chi connectivity index (χ0v) is 12.6. The lowest BCUT2D eigenvalue weighted by Gasteiger charge is -2.13. The van der Waals surface area contributed by atoms with Crippen LogP contribution in [0.15, 0.2) is 0 Å². The molecule has 0 aromatic carbocycles. The highest BCUT2D eigenvalue weighted by atomic mass is 14.1. The summed E-state index contributed by atoms with van der Waals surface area (Å²) in [5.41, 5.74) is 0. The van der Waals surface area contributed by atoms with E-state index in [1.165, 1.54) is 77.0 Å². The minimum atomic E-state index is 0.968. The van der Waals surface area contributed by atoms with Gasteiger partial charge in [-0.15, -0.1) is 0 Å². The first-order chi connectivity index (χ1) is 8.35. The number of hydrogen-bond acceptors (Lipinski definition) is 0. The molecule has 0 aromatic heterocycles. The predicted molar refractivity (Wildman–Crippen MR) is 80.2 cm³/mol. The van der Waals surface area contributed by atoms with Crippen LogP contribution in [-0.2, 0) is 0 Å². The average Bonchev–Trinajstić information content (AvgIpc) is 2.36. The first-order valence-electron chi connectivity index (χ1n) is 8.16. The minimum Gasteiger partial charge on any atom is -0.0654 e. The van der Waals surface area contributed by atoms with E-state index in [4.69, 9.17) is 0 Å². The molecule has 0 bridgehead atoms. The van der Waals surface area contributed by atoms with E-state index >= 15 is 0 Å². The Morgan fingerprint density at radius 1 is 0.765 bits per heavy atom. The van der Waals surface area contributed by atoms with Gasteiger partial charge in [0.15, 0.2) is 0 Å². The lowest BCUT2D eigenvalue weighted by Crippen LogP contribution is -1.99. The molecular formula is C17H35. The summed E-state index contributed by atoms with van der Waals surface area (Å²) in [7, 11) is 0. The molecule has 1 unspecified atom stereocenters. The van der Waals surface area contributed by atoms with Crippen LogP contribution in [0.3, 0.4) is 0 Å². The van der Waals surface area contributed by atoms with Gasteiger partial charge in [0.05, 0.1) is 0 Å². The summed E-state index contributed by atoms with van der Waals surface area (Å²) in [5.74, 6) is 0.968. The Bertz CT molecular complexity index is 128. The molecule has 0 aromatic rings. The third kappa shape index (κ3) is 12.2. The minimum absolute atomic E-state index is 0.968. The van der Waals surface area contributed by atoms with Crippen molar-refractivity contribution in [3.05, 3.63) is 6.42 Å². The maximum absolute atomic E-state index is 2.56. The largest absolute Gasteiger partial charge is 0.0654 e. The molecule has 0 fully saturated rings. The van der Waals surface area contributed by atoms with E-state index in [1.807, 2.05) is 0 Å². The van der Waals surface area contributed by atoms with Crippen molar-refractivity contribution in [2.24, 2.45) is 5.92 Å². The first-order valence-corrected chi connectivity index (χ1v) is 8.16. The predicted octanol–water partition coefficient (Wildman–Crippen LogP) is 6.55. The molecule has 1 radical (unpaired) electrons. The van der Waals surface area contributed by atoms with Gasteiger partial charge in [0, 0.05) is 0 Å². The zero-order valence-electron chi connectivity index (χ0n) is 12.6. The van der Waals surface area contributed by atoms with Crippen LogP contribution in [0.1, 0.15) is 97.8 Å². The Morgan fingerprint density at radius 3 is 2.06 bits per heavy atom. The van der Waals surface area contributed by atoms with Gasteiger partial charge < -0.3 is 0 Å². The molecule has 1 atom stereocenters. The Kier molecular flexibility index (Phi) is 14.1. The molecule has 0 aliphatic heterocycles. The van der Waals surface area contributed by atoms with Crippen molar-refractivity contribution >= 4 is 0 Å². The first kappa shape index (κ1) is 17.0. The fraction of sp³-hybridized carbons (Fsp3) is 0.941. The van der Waals surface area contributed by atoms with Gasteiger partial charge in [-0.05, 0) is 18.8 Å². The second-order valence-electron chi connectivity index (χ2n) is 5.50. The highest BCUT2D eigenvalue weighted by molar-refractivity contribution is 4.70. The standard InChI is InChI=1S/C17H35/c1-4-7-9-10-11-12-13-14-16-17(6-3)15-8-5-2/h14,17H,4-13,15-16H2,1-3H3. The monoisotopic (exact) mass is 239 g/mol. The third-order valence-corrected chi connectivity index (χ3v) is 3.81. The summed E-state index contributed by atoms with van der Waals surface area (Å²) in [6.07, 6.45) is 19.4. The van der Waals surface area contributed by atoms with Crippen LogP contribution in [-0.4, -0.2) is 0 Å². The van der Waals surface area contributed by atoms with Crippen LogP contribution in [0, 0.1) is 12.3 Å². The Morgan fingerprint density at radius 2 is 1.41 bits per heavy atom. The zero-order chi connectivity index (χ0) is 12.8. The Hall–Kier alpha value is 0. The fourth-order valence-electron chi connectivity index (χ4n) is 2.40. The maximum Gasteiger partial charge on any atom is -0.0383 e. The van der Waals surface area contributed by atoms with Gasteiger partial charge in [0.1, 0.15) is 0 Å². The van der Waals surface area contributed by atoms with Crippen LogP contribution in [0.25, 0.3) is 0 Å². The SMILES string of the molecule is CCCCCCCC[CH]CC(CC)CCCC. The quantitative estimate of drug-likeness (QED) is 0.320. The van der Waals surface area contributed by atoms with Crippen molar-refractivity contribution in [3.63, 3.8) is 0 Å². The van der Waals surface area contributed by atoms with Crippen LogP contribution in [0.5, 0.6) is 0 Å². The molecule has 0 saturated heterocycles. The van der Waals surface area contributed by atoms with Gasteiger partial charge in [-0.1, -0.05) is 91.4 Å². The van der Waals surface area contributed by atoms with Gasteiger partial charge in [-0.25, -0.2) is 0 Å². The number of rotatable bonds is 13. The van der Waals surface area contributed by atoms with Crippen molar-refractivity contribution < 1.29 is 0 Å². The molecular weight excluding hydrogens is 204 g/mol. The topological polar surface area (TPSA) is 0 Å². The van der Waals surface area contributed by atoms with Crippen molar-refractivity contribution in [1.82, 2.24) is 0 Å². The van der Waals surface area contributed by atoms with Gasteiger partial charge in [-0.2, -0.15) is 0 Å². The average molecular weight is 239 g/mol. The molecule has 103 valence electrons. The van der Waals surface area contributed by atoms with E-state index < -0.39 is 0 Å². The van der Waals surface area contributed by atoms with Crippen LogP contribution in [0.2, 0.25) is 0 Å². The summed E-state index contributed by atoms with van der Waals surface area (Å²) < 4.78 is 0. The molecule has 0 spiro atoms. The molecule has 0 heteroatoms. The Balaban J connectivity index is 3.19. The van der Waals surface area contributed by atoms with Crippen molar-refractivity contribution in [3.8, 4) is 0 Å². The van der Waals surface area contributed by atoms with E-state index in [-0.39, 0.29) is 0 Å². The van der Waals surface area contributed by atoms with E-state index in [2.05, 4.69) is 27.2 Å². The highest BCUT2D eigenvalue weighted by Gasteiger charge is 2.05. The molecule has 0 nitrogen and oxygen atoms in total. The summed E-state index contributed by atoms with van der Waals surface area (Å²) in [5, 5.41) is 0. The van der Waals surface area contributed by atoms with Crippen LogP contribution >= 0.6 is 0 Å². The molecule has 0 heterocycles. The van der Waals surface area contributed by atoms with E-state index in [1.54, 1.807) is 0 Å². The molecule has 0 N–H and O–H groups in total. The van der Waals surface area contributed by atoms with E-state index in [9.17, 15) is 0 Å². The molecule has 17 heavy (non-hydrogen) atoms. The summed E-state index contributed by atoms with van der Waals surface area (Å²) in [6.45, 7) is 6.93. The summed E-state index contributed by atoms with van der Waals surface area (Å²) in [4.78, 5) is 0.